The van der Waals surface area contributed by atoms with Crippen LogP contribution in [0.5, 0.6) is 0 Å². The maximum atomic E-state index is 12.3. The number of hydrogen-bond acceptors (Lipinski definition) is 7. The molecule has 1 N–H and O–H groups in total. The van der Waals surface area contributed by atoms with Gasteiger partial charge in [0.1, 0.15) is 10.3 Å². The Balaban J connectivity index is 1.56. The molecule has 0 bridgehead atoms. The van der Waals surface area contributed by atoms with Crippen LogP contribution in [0.3, 0.4) is 0 Å². The molecule has 3 rings (SSSR count). The molecule has 132 valence electrons. The van der Waals surface area contributed by atoms with Crippen LogP contribution < -0.4 is 9.62 Å². The van der Waals surface area contributed by atoms with E-state index in [1.165, 1.54) is 17.5 Å². The quantitative estimate of drug-likeness (QED) is 0.764. The van der Waals surface area contributed by atoms with Crippen LogP contribution in [0.2, 0.25) is 0 Å². The molecule has 10 heteroatoms. The molecular weight excluding hydrogens is 426 g/mol. The number of piperidine rings is 1. The van der Waals surface area contributed by atoms with E-state index in [4.69, 9.17) is 5.26 Å². The third-order valence-electron chi connectivity index (χ3n) is 4.07. The lowest BCUT2D eigenvalue weighted by molar-refractivity contribution is 0.400. The highest BCUT2D eigenvalue weighted by Crippen LogP contribution is 2.27. The van der Waals surface area contributed by atoms with E-state index in [2.05, 4.69) is 36.7 Å². The summed E-state index contributed by atoms with van der Waals surface area (Å²) < 4.78 is 28.3. The van der Waals surface area contributed by atoms with Crippen molar-refractivity contribution in [1.29, 1.82) is 5.26 Å². The molecule has 3 heterocycles. The molecule has 7 nitrogen and oxygen atoms in total. The molecule has 1 saturated heterocycles. The van der Waals surface area contributed by atoms with Crippen LogP contribution in [0.15, 0.2) is 32.5 Å². The third-order valence-corrected chi connectivity index (χ3v) is 7.61. The molecule has 0 radical (unpaired) electrons. The monoisotopic (exact) mass is 441 g/mol. The Hall–Kier alpha value is -1.54. The SMILES string of the molecule is N#Cc1nccnc1N1CCC(CNS(=O)(=O)c2ccc(Br)s2)CC1. The number of aromatic nitrogens is 2. The van der Waals surface area contributed by atoms with E-state index in [9.17, 15) is 8.42 Å². The minimum absolute atomic E-state index is 0.261. The molecule has 0 amide bonds. The van der Waals surface area contributed by atoms with Crippen LogP contribution in [0.1, 0.15) is 18.5 Å². The topological polar surface area (TPSA) is 99.0 Å². The molecule has 0 aliphatic carbocycles. The Morgan fingerprint density at radius 1 is 1.32 bits per heavy atom. The summed E-state index contributed by atoms with van der Waals surface area (Å²) in [6.45, 7) is 1.87. The Bertz CT molecular complexity index is 885. The molecule has 0 spiro atoms. The van der Waals surface area contributed by atoms with Crippen LogP contribution in [0, 0.1) is 17.2 Å². The highest BCUT2D eigenvalue weighted by atomic mass is 79.9. The number of nitrogens with one attached hydrogen (secondary N) is 1. The minimum atomic E-state index is -3.46. The summed E-state index contributed by atoms with van der Waals surface area (Å²) in [5.74, 6) is 0.865. The van der Waals surface area contributed by atoms with E-state index >= 15 is 0 Å². The summed E-state index contributed by atoms with van der Waals surface area (Å²) in [6, 6.07) is 5.38. The van der Waals surface area contributed by atoms with Gasteiger partial charge in [-0.05, 0) is 46.8 Å². The maximum Gasteiger partial charge on any atom is 0.250 e. The van der Waals surface area contributed by atoms with Crippen molar-refractivity contribution >= 4 is 43.1 Å². The van der Waals surface area contributed by atoms with Crippen molar-refractivity contribution in [3.63, 3.8) is 0 Å². The van der Waals surface area contributed by atoms with Gasteiger partial charge in [-0.15, -0.1) is 11.3 Å². The summed E-state index contributed by atoms with van der Waals surface area (Å²) in [6.07, 6.45) is 4.75. The summed E-state index contributed by atoms with van der Waals surface area (Å²) in [5, 5.41) is 9.13. The molecule has 25 heavy (non-hydrogen) atoms. The minimum Gasteiger partial charge on any atom is -0.354 e. The lowest BCUT2D eigenvalue weighted by Crippen LogP contribution is -2.39. The number of rotatable bonds is 5. The van der Waals surface area contributed by atoms with Gasteiger partial charge >= 0.3 is 0 Å². The first-order valence-electron chi connectivity index (χ1n) is 7.70. The number of sulfonamides is 1. The van der Waals surface area contributed by atoms with Gasteiger partial charge in [0, 0.05) is 32.0 Å². The molecule has 0 saturated carbocycles. The predicted molar refractivity (Wildman–Crippen MR) is 98.9 cm³/mol. The second-order valence-corrected chi connectivity index (χ2v) is 10.1. The predicted octanol–water partition coefficient (Wildman–Crippen LogP) is 2.37. The van der Waals surface area contributed by atoms with E-state index < -0.39 is 10.0 Å². The summed E-state index contributed by atoms with van der Waals surface area (Å²) in [4.78, 5) is 10.3. The van der Waals surface area contributed by atoms with Crippen LogP contribution in [-0.2, 0) is 10.0 Å². The van der Waals surface area contributed by atoms with Gasteiger partial charge in [0.2, 0.25) is 10.0 Å². The van der Waals surface area contributed by atoms with Crippen LogP contribution in [0.4, 0.5) is 5.82 Å². The van der Waals surface area contributed by atoms with Crippen molar-refractivity contribution in [2.24, 2.45) is 5.92 Å². The Labute approximate surface area is 158 Å². The van der Waals surface area contributed by atoms with Gasteiger partial charge in [-0.2, -0.15) is 5.26 Å². The fraction of sp³-hybridized carbons (Fsp3) is 0.400. The zero-order chi connectivity index (χ0) is 17.9. The molecule has 0 aromatic carbocycles. The lowest BCUT2D eigenvalue weighted by atomic mass is 9.97. The molecule has 2 aromatic rings. The Morgan fingerprint density at radius 3 is 2.68 bits per heavy atom. The number of nitrogens with zero attached hydrogens (tertiary/aromatic N) is 4. The number of nitriles is 1. The van der Waals surface area contributed by atoms with Crippen molar-refractivity contribution in [1.82, 2.24) is 14.7 Å². The van der Waals surface area contributed by atoms with E-state index in [-0.39, 0.29) is 5.92 Å². The van der Waals surface area contributed by atoms with Gasteiger partial charge in [-0.1, -0.05) is 0 Å². The standard InChI is InChI=1S/C15H16BrN5O2S2/c16-13-1-2-14(24-13)25(22,23)20-10-11-3-7-21(8-4-11)15-12(9-17)18-5-6-19-15/h1-2,5-6,11,20H,3-4,7-8,10H2. The van der Waals surface area contributed by atoms with Crippen LogP contribution in [-0.4, -0.2) is 38.0 Å². The van der Waals surface area contributed by atoms with Gasteiger partial charge in [-0.25, -0.2) is 23.1 Å². The number of hydrogen-bond donors (Lipinski definition) is 1. The van der Waals surface area contributed by atoms with Crippen LogP contribution >= 0.6 is 27.3 Å². The molecule has 2 aromatic heterocycles. The first-order valence-corrected chi connectivity index (χ1v) is 10.8. The normalized spacial score (nSPS) is 15.9. The van der Waals surface area contributed by atoms with Crippen molar-refractivity contribution in [2.75, 3.05) is 24.5 Å². The second kappa shape index (κ2) is 7.78. The van der Waals surface area contributed by atoms with Gasteiger partial charge in [0.05, 0.1) is 3.79 Å². The van der Waals surface area contributed by atoms with Gasteiger partial charge in [-0.3, -0.25) is 0 Å². The van der Waals surface area contributed by atoms with Crippen molar-refractivity contribution in [3.05, 3.63) is 34.0 Å². The largest absolute Gasteiger partial charge is 0.354 e. The van der Waals surface area contributed by atoms with E-state index in [0.717, 1.165) is 29.7 Å². The summed E-state index contributed by atoms with van der Waals surface area (Å²) in [7, 11) is -3.46. The average Bonchev–Trinajstić information content (AvgIpc) is 3.08. The van der Waals surface area contributed by atoms with Gasteiger partial charge in [0.15, 0.2) is 11.5 Å². The van der Waals surface area contributed by atoms with E-state index in [1.54, 1.807) is 18.3 Å². The summed E-state index contributed by atoms with van der Waals surface area (Å²) in [5.41, 5.74) is 0.324. The van der Waals surface area contributed by atoms with Gasteiger partial charge < -0.3 is 4.90 Å². The van der Waals surface area contributed by atoms with Crippen molar-refractivity contribution in [3.8, 4) is 6.07 Å². The first kappa shape index (κ1) is 18.3. The number of anilines is 1. The van der Waals surface area contributed by atoms with Crippen molar-refractivity contribution < 1.29 is 8.42 Å². The van der Waals surface area contributed by atoms with Crippen LogP contribution in [0.25, 0.3) is 0 Å². The highest BCUT2D eigenvalue weighted by Gasteiger charge is 2.24. The molecule has 1 fully saturated rings. The number of halogens is 1. The number of thiophene rings is 1. The smallest absolute Gasteiger partial charge is 0.250 e. The fourth-order valence-corrected chi connectivity index (χ4v) is 5.90. The zero-order valence-electron chi connectivity index (χ0n) is 13.2. The van der Waals surface area contributed by atoms with E-state index in [1.807, 2.05) is 4.90 Å². The second-order valence-electron chi connectivity index (χ2n) is 5.68. The van der Waals surface area contributed by atoms with Crippen molar-refractivity contribution in [2.45, 2.75) is 17.1 Å². The molecule has 1 aliphatic heterocycles. The molecule has 0 unspecified atom stereocenters. The molecular formula is C15H16BrN5O2S2. The summed E-state index contributed by atoms with van der Waals surface area (Å²) >= 11 is 4.47. The molecule has 0 atom stereocenters. The first-order chi connectivity index (χ1) is 12.0. The Morgan fingerprint density at radius 2 is 2.04 bits per heavy atom. The average molecular weight is 442 g/mol. The highest BCUT2D eigenvalue weighted by molar-refractivity contribution is 9.11. The lowest BCUT2D eigenvalue weighted by Gasteiger charge is -2.32. The maximum absolute atomic E-state index is 12.3. The third kappa shape index (κ3) is 4.36. The Kier molecular flexibility index (Phi) is 5.68. The van der Waals surface area contributed by atoms with Gasteiger partial charge in [0.25, 0.3) is 0 Å². The molecule has 1 aliphatic rings. The van der Waals surface area contributed by atoms with E-state index in [0.29, 0.717) is 22.3 Å². The zero-order valence-corrected chi connectivity index (χ0v) is 16.4. The fourth-order valence-electron chi connectivity index (χ4n) is 2.73.